The minimum Gasteiger partial charge on any atom is -0.343 e. The Hall–Kier alpha value is -7.06. The van der Waals surface area contributed by atoms with Gasteiger partial charge in [0.25, 0.3) is 0 Å². The van der Waals surface area contributed by atoms with Crippen LogP contribution < -0.4 is 16.0 Å². The number of amides is 12. The fraction of sp³-hybridized carbons (Fsp3) is 0.731. The second-order valence-electron chi connectivity index (χ2n) is 28.0. The largest absolute Gasteiger partial charge is 0.417 e. The van der Waals surface area contributed by atoms with Gasteiger partial charge in [0.15, 0.2) is 0 Å². The molecule has 24 nitrogen and oxygen atoms in total. The number of hydrogen-bond donors (Lipinski definition) is 3. The highest BCUT2D eigenvalue weighted by molar-refractivity contribution is 6.31. The van der Waals surface area contributed by atoms with Crippen LogP contribution in [0.5, 0.6) is 0 Å². The number of carbonyl (C=O) groups excluding carboxylic acids is 12. The van der Waals surface area contributed by atoms with Crippen molar-refractivity contribution in [3.05, 3.63) is 34.3 Å². The molecule has 12 amide bonds. The van der Waals surface area contributed by atoms with E-state index in [9.17, 15) is 56.3 Å². The van der Waals surface area contributed by atoms with Gasteiger partial charge in [-0.05, 0) is 112 Å². The first kappa shape index (κ1) is 77.0. The number of likely N-dealkylation sites (tertiary alicyclic amines) is 1. The zero-order valence-corrected chi connectivity index (χ0v) is 58.5. The van der Waals surface area contributed by atoms with Gasteiger partial charge in [0, 0.05) is 69.0 Å². The summed E-state index contributed by atoms with van der Waals surface area (Å²) in [6, 6.07) is -5.65. The molecule has 530 valence electrons. The summed E-state index contributed by atoms with van der Waals surface area (Å²) in [5.41, 5.74) is -2.36. The number of halogens is 4. The van der Waals surface area contributed by atoms with Crippen molar-refractivity contribution < 1.29 is 70.7 Å². The van der Waals surface area contributed by atoms with Crippen molar-refractivity contribution in [3.8, 4) is 0 Å². The highest BCUT2D eigenvalue weighted by atomic mass is 35.5. The highest BCUT2D eigenvalue weighted by Gasteiger charge is 2.51. The van der Waals surface area contributed by atoms with Crippen molar-refractivity contribution in [2.24, 2.45) is 23.7 Å². The van der Waals surface area contributed by atoms with Gasteiger partial charge in [-0.25, -0.2) is 0 Å². The smallest absolute Gasteiger partial charge is 0.343 e. The third kappa shape index (κ3) is 19.4. The predicted molar refractivity (Wildman–Crippen MR) is 348 cm³/mol. The molecule has 2 saturated carbocycles. The molecule has 3 saturated heterocycles. The van der Waals surface area contributed by atoms with Gasteiger partial charge >= 0.3 is 6.18 Å². The lowest BCUT2D eigenvalue weighted by atomic mass is 9.91. The van der Waals surface area contributed by atoms with E-state index in [1.807, 2.05) is 20.8 Å². The van der Waals surface area contributed by atoms with E-state index in [4.69, 9.17) is 11.6 Å². The van der Waals surface area contributed by atoms with Crippen LogP contribution in [0, 0.1) is 23.7 Å². The quantitative estimate of drug-likeness (QED) is 0.280. The molecule has 28 heteroatoms. The standard InChI is InChI=1S/C67H102ClF3N12O12/c1-14-42(6)56-63(93)77(9)38-54(86)75(7)39-55(87)79(11)50(35-44-22-23-44)61(91)76(8)37-52(84)72-47(27-25-43-24-26-45(46(68)34-43)67(69,70)71)60(90)83-32-20-21-48(83)59(89)74-66(28-16-17-29-66)65(95)81(13)57(41(4)5)64(94)80(12)51(62(92)82-30-18-15-19-31-82)36-53(85)78(10)49(33-40(2)3)58(88)73-56/h24,26,34,40-42,44,47-51,56-57H,14-23,25,27-33,35-39H2,1-13H3,(H,72,84)(H,73,88)(H,74,89)/t42-,47-,48?,49-,50-,51-,56-,57-/m0/s1. The molecular weight excluding hydrogens is 1260 g/mol. The van der Waals surface area contributed by atoms with Crippen LogP contribution in [0.1, 0.15) is 155 Å². The Morgan fingerprint density at radius 2 is 1.26 bits per heavy atom. The average Bonchev–Trinajstić information content (AvgIpc) is 1.76. The van der Waals surface area contributed by atoms with Gasteiger partial charge in [-0.3, -0.25) is 57.5 Å². The number of piperidine rings is 1. The molecular formula is C67H102ClF3N12O12. The molecule has 5 fully saturated rings. The topological polar surface area (TPSA) is 270 Å². The molecule has 0 aromatic heterocycles. The van der Waals surface area contributed by atoms with Gasteiger partial charge in [0.2, 0.25) is 70.9 Å². The molecule has 3 heterocycles. The molecule has 95 heavy (non-hydrogen) atoms. The van der Waals surface area contributed by atoms with E-state index < -0.39 is 173 Å². The minimum atomic E-state index is -4.76. The predicted octanol–water partition coefficient (Wildman–Crippen LogP) is 4.33. The van der Waals surface area contributed by atoms with E-state index in [0.29, 0.717) is 57.2 Å². The summed E-state index contributed by atoms with van der Waals surface area (Å²) in [5.74, 6) is -9.14. The van der Waals surface area contributed by atoms with Crippen LogP contribution in [-0.2, 0) is 70.1 Å². The van der Waals surface area contributed by atoms with Crippen molar-refractivity contribution in [3.63, 3.8) is 0 Å². The zero-order valence-electron chi connectivity index (χ0n) is 57.8. The SMILES string of the molecule is CC[C@H](C)[C@@H]1NC(=O)[C@H](CC(C)C)N(C)C(=O)C[C@@H](C(=O)N2CCCCC2)N(C)C(=O)[C@H](C(C)C)N(C)C(=O)C2(CCCC2)NC(=O)C2CCCN2C(=O)[C@H](CCc2ccc(C(F)(F)F)c(Cl)c2)NC(=O)CN(C)C(=O)[C@H](CC2CC2)N(C)C(=O)CN(C)C(=O)CN(C)C1=O. The Bertz CT molecular complexity index is 2990. The summed E-state index contributed by atoms with van der Waals surface area (Å²) in [6.45, 7) is 9.82. The Balaban J connectivity index is 1.40. The Kier molecular flexibility index (Phi) is 26.9. The van der Waals surface area contributed by atoms with E-state index in [1.54, 1.807) is 25.7 Å². The number of benzene rings is 1. The molecule has 1 aromatic rings. The fourth-order valence-electron chi connectivity index (χ4n) is 13.5. The lowest BCUT2D eigenvalue weighted by Gasteiger charge is -2.42. The summed E-state index contributed by atoms with van der Waals surface area (Å²) >= 11 is 6.11. The summed E-state index contributed by atoms with van der Waals surface area (Å²) in [6.07, 6.45) is 0.685. The Morgan fingerprint density at radius 1 is 0.653 bits per heavy atom. The average molecular weight is 1360 g/mol. The summed E-state index contributed by atoms with van der Waals surface area (Å²) < 4.78 is 41.4. The molecule has 1 aromatic carbocycles. The second kappa shape index (κ2) is 33.3. The van der Waals surface area contributed by atoms with Gasteiger partial charge < -0.3 is 60.0 Å². The summed E-state index contributed by atoms with van der Waals surface area (Å²) in [5, 5.41) is 8.03. The third-order valence-electron chi connectivity index (χ3n) is 19.9. The maximum atomic E-state index is 15.4. The van der Waals surface area contributed by atoms with Crippen LogP contribution in [0.4, 0.5) is 13.2 Å². The van der Waals surface area contributed by atoms with Crippen LogP contribution in [0.15, 0.2) is 18.2 Å². The molecule has 6 rings (SSSR count). The molecule has 3 aliphatic heterocycles. The van der Waals surface area contributed by atoms with Gasteiger partial charge in [-0.2, -0.15) is 13.2 Å². The number of nitrogens with zero attached hydrogens (tertiary/aromatic N) is 9. The number of carbonyl (C=O) groups is 12. The van der Waals surface area contributed by atoms with Gasteiger partial charge in [0.05, 0.1) is 36.6 Å². The first-order valence-electron chi connectivity index (χ1n) is 33.7. The van der Waals surface area contributed by atoms with Crippen molar-refractivity contribution in [1.29, 1.82) is 0 Å². The Morgan fingerprint density at radius 3 is 1.84 bits per heavy atom. The third-order valence-corrected chi connectivity index (χ3v) is 20.2. The van der Waals surface area contributed by atoms with E-state index in [-0.39, 0.29) is 63.3 Å². The van der Waals surface area contributed by atoms with E-state index in [1.165, 1.54) is 79.9 Å². The van der Waals surface area contributed by atoms with Crippen LogP contribution in [0.2, 0.25) is 5.02 Å². The van der Waals surface area contributed by atoms with E-state index in [0.717, 1.165) is 46.1 Å². The number of fused-ring (bicyclic) bond motifs is 1. The molecule has 1 spiro atoms. The van der Waals surface area contributed by atoms with Crippen LogP contribution >= 0.6 is 11.6 Å². The van der Waals surface area contributed by atoms with Crippen LogP contribution in [-0.4, -0.2) is 251 Å². The lowest BCUT2D eigenvalue weighted by Crippen LogP contribution is -2.65. The first-order valence-corrected chi connectivity index (χ1v) is 34.1. The molecule has 5 aliphatic rings. The lowest BCUT2D eigenvalue weighted by molar-refractivity contribution is -0.156. The normalized spacial score (nSPS) is 26.2. The van der Waals surface area contributed by atoms with Gasteiger partial charge in [-0.15, -0.1) is 0 Å². The molecule has 1 unspecified atom stereocenters. The van der Waals surface area contributed by atoms with Crippen LogP contribution in [0.25, 0.3) is 0 Å². The maximum absolute atomic E-state index is 15.4. The first-order chi connectivity index (χ1) is 44.5. The monoisotopic (exact) mass is 1360 g/mol. The fourth-order valence-corrected chi connectivity index (χ4v) is 13.9. The van der Waals surface area contributed by atoms with Gasteiger partial charge in [-0.1, -0.05) is 91.3 Å². The molecule has 8 atom stereocenters. The number of rotatable bonds is 11. The summed E-state index contributed by atoms with van der Waals surface area (Å²) in [4.78, 5) is 188. The molecule has 3 N–H and O–H groups in total. The van der Waals surface area contributed by atoms with Crippen molar-refractivity contribution in [2.45, 2.75) is 205 Å². The minimum absolute atomic E-state index is 0.0314. The zero-order chi connectivity index (χ0) is 70.7. The Labute approximate surface area is 562 Å². The van der Waals surface area contributed by atoms with Crippen molar-refractivity contribution >= 4 is 82.5 Å². The number of alkyl halides is 3. The van der Waals surface area contributed by atoms with Gasteiger partial charge in [0.1, 0.15) is 47.8 Å². The number of nitrogens with one attached hydrogen (secondary N) is 3. The molecule has 2 aliphatic carbocycles. The molecule has 0 radical (unpaired) electrons. The number of likely N-dealkylation sites (N-methyl/N-ethyl adjacent to an activating group) is 7. The molecule has 0 bridgehead atoms. The van der Waals surface area contributed by atoms with Crippen molar-refractivity contribution in [2.75, 3.05) is 88.6 Å². The van der Waals surface area contributed by atoms with E-state index in [2.05, 4.69) is 16.0 Å². The summed E-state index contributed by atoms with van der Waals surface area (Å²) in [7, 11) is 9.77. The maximum Gasteiger partial charge on any atom is 0.417 e. The second-order valence-corrected chi connectivity index (χ2v) is 28.4. The van der Waals surface area contributed by atoms with Crippen molar-refractivity contribution in [1.82, 2.24) is 60.0 Å². The van der Waals surface area contributed by atoms with E-state index >= 15 is 14.4 Å². The number of hydrogen-bond acceptors (Lipinski definition) is 12. The number of aryl methyl sites for hydroxylation is 1. The van der Waals surface area contributed by atoms with Crippen LogP contribution in [0.3, 0.4) is 0 Å². The highest BCUT2D eigenvalue weighted by Crippen LogP contribution is 2.38.